The van der Waals surface area contributed by atoms with E-state index in [0.29, 0.717) is 12.1 Å². The van der Waals surface area contributed by atoms with Gasteiger partial charge in [-0.25, -0.2) is 0 Å². The number of non-ortho nitro benzene ring substituents is 1. The SMILES string of the molecule is O=C(NC[C@@H]1CCCO1)/C(=C/c1ccc([N+](=O)[O-])cc1)c1ccccc1. The third kappa shape index (κ3) is 4.55. The van der Waals surface area contributed by atoms with Gasteiger partial charge in [0.05, 0.1) is 11.0 Å². The topological polar surface area (TPSA) is 81.5 Å². The minimum atomic E-state index is -0.445. The van der Waals surface area contributed by atoms with Gasteiger partial charge in [-0.05, 0) is 42.2 Å². The van der Waals surface area contributed by atoms with Gasteiger partial charge in [-0.2, -0.15) is 0 Å². The molecular weight excluding hydrogens is 332 g/mol. The van der Waals surface area contributed by atoms with Crippen molar-refractivity contribution in [2.24, 2.45) is 0 Å². The minimum absolute atomic E-state index is 0.0197. The second-order valence-corrected chi connectivity index (χ2v) is 6.12. The van der Waals surface area contributed by atoms with E-state index in [1.807, 2.05) is 30.3 Å². The lowest BCUT2D eigenvalue weighted by molar-refractivity contribution is -0.384. The Morgan fingerprint density at radius 1 is 1.19 bits per heavy atom. The predicted molar refractivity (Wildman–Crippen MR) is 99.4 cm³/mol. The molecule has 26 heavy (non-hydrogen) atoms. The first kappa shape index (κ1) is 17.8. The summed E-state index contributed by atoms with van der Waals surface area (Å²) in [6.45, 7) is 1.22. The van der Waals surface area contributed by atoms with E-state index < -0.39 is 4.92 Å². The Morgan fingerprint density at radius 2 is 1.92 bits per heavy atom. The van der Waals surface area contributed by atoms with Crippen molar-refractivity contribution in [1.29, 1.82) is 0 Å². The van der Waals surface area contributed by atoms with E-state index >= 15 is 0 Å². The largest absolute Gasteiger partial charge is 0.376 e. The normalized spacial score (nSPS) is 17.1. The Balaban J connectivity index is 1.82. The Labute approximate surface area is 151 Å². The van der Waals surface area contributed by atoms with Crippen LogP contribution >= 0.6 is 0 Å². The number of carbonyl (C=O) groups excluding carboxylic acids is 1. The van der Waals surface area contributed by atoms with Gasteiger partial charge < -0.3 is 10.1 Å². The highest BCUT2D eigenvalue weighted by Gasteiger charge is 2.18. The molecule has 2 aromatic rings. The Hall–Kier alpha value is -2.99. The lowest BCUT2D eigenvalue weighted by atomic mass is 10.0. The minimum Gasteiger partial charge on any atom is -0.376 e. The standard InChI is InChI=1S/C20H20N2O4/c23-20(21-14-18-7-4-12-26-18)19(16-5-2-1-3-6-16)13-15-8-10-17(11-9-15)22(24)25/h1-3,5-6,8-11,13,18H,4,7,12,14H2,(H,21,23)/b19-13+/t18-/m0/s1. The van der Waals surface area contributed by atoms with Crippen LogP contribution in [0.1, 0.15) is 24.0 Å². The number of benzene rings is 2. The molecule has 134 valence electrons. The molecule has 1 saturated heterocycles. The number of carbonyl (C=O) groups is 1. The van der Waals surface area contributed by atoms with Crippen molar-refractivity contribution in [2.75, 3.05) is 13.2 Å². The summed E-state index contributed by atoms with van der Waals surface area (Å²) in [4.78, 5) is 23.1. The molecule has 6 nitrogen and oxygen atoms in total. The van der Waals surface area contributed by atoms with Gasteiger partial charge >= 0.3 is 0 Å². The maximum Gasteiger partial charge on any atom is 0.269 e. The number of nitrogens with one attached hydrogen (secondary N) is 1. The molecule has 1 aliphatic heterocycles. The van der Waals surface area contributed by atoms with Gasteiger partial charge in [0, 0.05) is 30.9 Å². The van der Waals surface area contributed by atoms with Crippen LogP contribution in [0.2, 0.25) is 0 Å². The molecule has 2 aromatic carbocycles. The van der Waals surface area contributed by atoms with Gasteiger partial charge in [-0.15, -0.1) is 0 Å². The number of rotatable bonds is 6. The number of hydrogen-bond donors (Lipinski definition) is 1. The predicted octanol–water partition coefficient (Wildman–Crippen LogP) is 3.43. The molecule has 0 radical (unpaired) electrons. The second-order valence-electron chi connectivity index (χ2n) is 6.12. The molecule has 0 unspecified atom stereocenters. The van der Waals surface area contributed by atoms with Crippen molar-refractivity contribution in [3.63, 3.8) is 0 Å². The summed E-state index contributed by atoms with van der Waals surface area (Å²) in [5.74, 6) is -0.190. The second kappa shape index (κ2) is 8.40. The van der Waals surface area contributed by atoms with Crippen molar-refractivity contribution in [3.05, 3.63) is 75.8 Å². The summed E-state index contributed by atoms with van der Waals surface area (Å²) in [6.07, 6.45) is 3.78. The van der Waals surface area contributed by atoms with Gasteiger partial charge in [0.25, 0.3) is 11.6 Å². The molecule has 1 heterocycles. The van der Waals surface area contributed by atoms with E-state index in [4.69, 9.17) is 4.74 Å². The van der Waals surface area contributed by atoms with E-state index in [9.17, 15) is 14.9 Å². The first-order valence-electron chi connectivity index (χ1n) is 8.55. The molecule has 0 aromatic heterocycles. The highest BCUT2D eigenvalue weighted by atomic mass is 16.6. The van der Waals surface area contributed by atoms with Crippen molar-refractivity contribution in [2.45, 2.75) is 18.9 Å². The van der Waals surface area contributed by atoms with Gasteiger partial charge in [0.2, 0.25) is 0 Å². The molecule has 1 aliphatic rings. The lowest BCUT2D eigenvalue weighted by Crippen LogP contribution is -2.32. The van der Waals surface area contributed by atoms with Crippen molar-refractivity contribution in [3.8, 4) is 0 Å². The molecule has 0 spiro atoms. The quantitative estimate of drug-likeness (QED) is 0.374. The van der Waals surface area contributed by atoms with Crippen LogP contribution in [0, 0.1) is 10.1 Å². The van der Waals surface area contributed by atoms with Crippen LogP contribution in [0.25, 0.3) is 11.6 Å². The van der Waals surface area contributed by atoms with E-state index in [-0.39, 0.29) is 17.7 Å². The van der Waals surface area contributed by atoms with Crippen LogP contribution in [0.5, 0.6) is 0 Å². The zero-order chi connectivity index (χ0) is 18.4. The van der Waals surface area contributed by atoms with E-state index in [1.165, 1.54) is 12.1 Å². The van der Waals surface area contributed by atoms with Crippen LogP contribution in [0.3, 0.4) is 0 Å². The van der Waals surface area contributed by atoms with Crippen molar-refractivity contribution in [1.82, 2.24) is 5.32 Å². The Bertz CT molecular complexity index is 794. The smallest absolute Gasteiger partial charge is 0.269 e. The number of ether oxygens (including phenoxy) is 1. The highest BCUT2D eigenvalue weighted by molar-refractivity contribution is 6.24. The first-order chi connectivity index (χ1) is 12.6. The molecular formula is C20H20N2O4. The third-order valence-electron chi connectivity index (χ3n) is 4.26. The molecule has 0 bridgehead atoms. The summed E-state index contributed by atoms with van der Waals surface area (Å²) in [6, 6.07) is 15.5. The summed E-state index contributed by atoms with van der Waals surface area (Å²) in [5.41, 5.74) is 2.04. The summed E-state index contributed by atoms with van der Waals surface area (Å²) in [5, 5.41) is 13.7. The summed E-state index contributed by atoms with van der Waals surface area (Å²) in [7, 11) is 0. The summed E-state index contributed by atoms with van der Waals surface area (Å²) < 4.78 is 5.54. The monoisotopic (exact) mass is 352 g/mol. The Kier molecular flexibility index (Phi) is 5.76. The van der Waals surface area contributed by atoms with Crippen molar-refractivity contribution >= 4 is 23.2 Å². The van der Waals surface area contributed by atoms with Crippen LogP contribution < -0.4 is 5.32 Å². The summed E-state index contributed by atoms with van der Waals surface area (Å²) >= 11 is 0. The third-order valence-corrected chi connectivity index (χ3v) is 4.26. The maximum absolute atomic E-state index is 12.7. The average Bonchev–Trinajstić information content (AvgIpc) is 3.19. The maximum atomic E-state index is 12.7. The Morgan fingerprint density at radius 3 is 2.54 bits per heavy atom. The average molecular weight is 352 g/mol. The number of amides is 1. The van der Waals surface area contributed by atoms with E-state index in [0.717, 1.165) is 30.6 Å². The van der Waals surface area contributed by atoms with Crippen LogP contribution in [0.4, 0.5) is 5.69 Å². The zero-order valence-electron chi connectivity index (χ0n) is 14.3. The molecule has 6 heteroatoms. The number of nitro groups is 1. The fourth-order valence-electron chi connectivity index (χ4n) is 2.86. The fraction of sp³-hybridized carbons (Fsp3) is 0.250. The molecule has 1 fully saturated rings. The van der Waals surface area contributed by atoms with Crippen LogP contribution in [-0.4, -0.2) is 30.1 Å². The number of hydrogen-bond acceptors (Lipinski definition) is 4. The van der Waals surface area contributed by atoms with Crippen LogP contribution in [0.15, 0.2) is 54.6 Å². The lowest BCUT2D eigenvalue weighted by Gasteiger charge is -2.13. The highest BCUT2D eigenvalue weighted by Crippen LogP contribution is 2.21. The van der Waals surface area contributed by atoms with Gasteiger partial charge in [-0.1, -0.05) is 30.3 Å². The zero-order valence-corrected chi connectivity index (χ0v) is 14.3. The van der Waals surface area contributed by atoms with E-state index in [1.54, 1.807) is 18.2 Å². The number of nitrogens with zero attached hydrogens (tertiary/aromatic N) is 1. The molecule has 3 rings (SSSR count). The van der Waals surface area contributed by atoms with Gasteiger partial charge in [0.1, 0.15) is 0 Å². The van der Waals surface area contributed by atoms with E-state index in [2.05, 4.69) is 5.32 Å². The molecule has 1 amide bonds. The molecule has 1 N–H and O–H groups in total. The first-order valence-corrected chi connectivity index (χ1v) is 8.55. The van der Waals surface area contributed by atoms with Gasteiger partial charge in [-0.3, -0.25) is 14.9 Å². The molecule has 0 saturated carbocycles. The molecule has 1 atom stereocenters. The van der Waals surface area contributed by atoms with Crippen molar-refractivity contribution < 1.29 is 14.5 Å². The molecule has 0 aliphatic carbocycles. The van der Waals surface area contributed by atoms with Gasteiger partial charge in [0.15, 0.2) is 0 Å². The van der Waals surface area contributed by atoms with Crippen LogP contribution in [-0.2, 0) is 9.53 Å². The number of nitro benzene ring substituents is 1. The fourth-order valence-corrected chi connectivity index (χ4v) is 2.86.